The van der Waals surface area contributed by atoms with E-state index in [1.807, 2.05) is 0 Å². The molecule has 0 aliphatic carbocycles. The van der Waals surface area contributed by atoms with E-state index in [2.05, 4.69) is 15.3 Å². The molecule has 106 valence electrons. The molecular formula is C12H10ClF3N4. The zero-order valence-electron chi connectivity index (χ0n) is 10.3. The average Bonchev–Trinajstić information content (AvgIpc) is 2.25. The first-order chi connectivity index (χ1) is 9.24. The number of hydrogen-bond donors (Lipinski definition) is 2. The van der Waals surface area contributed by atoms with E-state index in [9.17, 15) is 13.2 Å². The summed E-state index contributed by atoms with van der Waals surface area (Å²) in [4.78, 5) is 7.90. The second kappa shape index (κ2) is 5.16. The van der Waals surface area contributed by atoms with Gasteiger partial charge in [-0.15, -0.1) is 0 Å². The summed E-state index contributed by atoms with van der Waals surface area (Å²) in [5.74, 6) is 0.925. The van der Waals surface area contributed by atoms with E-state index in [1.54, 1.807) is 6.92 Å². The Morgan fingerprint density at radius 1 is 1.15 bits per heavy atom. The average molecular weight is 303 g/mol. The number of benzene rings is 1. The Bertz CT molecular complexity index is 623. The largest absolute Gasteiger partial charge is 0.416 e. The van der Waals surface area contributed by atoms with Crippen molar-refractivity contribution in [2.45, 2.75) is 13.1 Å². The first-order valence-corrected chi connectivity index (χ1v) is 5.88. The van der Waals surface area contributed by atoms with Crippen LogP contribution in [0.1, 0.15) is 11.4 Å². The smallest absolute Gasteiger partial charge is 0.384 e. The molecule has 3 N–H and O–H groups in total. The van der Waals surface area contributed by atoms with Crippen molar-refractivity contribution in [3.05, 3.63) is 40.7 Å². The number of hydrogen-bond acceptors (Lipinski definition) is 4. The van der Waals surface area contributed by atoms with Crippen molar-refractivity contribution in [1.29, 1.82) is 0 Å². The van der Waals surface area contributed by atoms with Gasteiger partial charge in [0.1, 0.15) is 17.5 Å². The van der Waals surface area contributed by atoms with Gasteiger partial charge in [0.05, 0.1) is 5.56 Å². The number of halogens is 4. The van der Waals surface area contributed by atoms with Crippen molar-refractivity contribution >= 4 is 28.9 Å². The fourth-order valence-electron chi connectivity index (χ4n) is 1.63. The van der Waals surface area contributed by atoms with E-state index in [4.69, 9.17) is 17.3 Å². The van der Waals surface area contributed by atoms with Crippen LogP contribution in [0.5, 0.6) is 0 Å². The molecule has 0 unspecified atom stereocenters. The van der Waals surface area contributed by atoms with Crippen LogP contribution in [0, 0.1) is 6.92 Å². The lowest BCUT2D eigenvalue weighted by Gasteiger charge is -2.11. The topological polar surface area (TPSA) is 63.8 Å². The summed E-state index contributed by atoms with van der Waals surface area (Å²) in [6.45, 7) is 1.63. The molecule has 0 atom stereocenters. The molecular weight excluding hydrogens is 293 g/mol. The van der Waals surface area contributed by atoms with Crippen molar-refractivity contribution in [2.75, 3.05) is 11.1 Å². The van der Waals surface area contributed by atoms with Gasteiger partial charge < -0.3 is 11.1 Å². The molecule has 0 saturated carbocycles. The summed E-state index contributed by atoms with van der Waals surface area (Å²) >= 11 is 5.69. The van der Waals surface area contributed by atoms with Crippen LogP contribution < -0.4 is 11.1 Å². The predicted octanol–water partition coefficient (Wildman–Crippen LogP) is 3.78. The number of nitrogens with one attached hydrogen (secondary N) is 1. The fraction of sp³-hybridized carbons (Fsp3) is 0.167. The molecule has 0 radical (unpaired) electrons. The van der Waals surface area contributed by atoms with Crippen LogP contribution in [-0.2, 0) is 6.18 Å². The van der Waals surface area contributed by atoms with Gasteiger partial charge in [-0.25, -0.2) is 9.97 Å². The molecule has 1 aromatic carbocycles. The zero-order valence-corrected chi connectivity index (χ0v) is 11.0. The van der Waals surface area contributed by atoms with Gasteiger partial charge in [0, 0.05) is 16.8 Å². The molecule has 0 bridgehead atoms. The Morgan fingerprint density at radius 2 is 1.85 bits per heavy atom. The van der Waals surface area contributed by atoms with E-state index in [0.29, 0.717) is 11.6 Å². The molecule has 0 saturated heterocycles. The summed E-state index contributed by atoms with van der Waals surface area (Å²) in [5.41, 5.74) is 4.87. The molecule has 0 aliphatic heterocycles. The quantitative estimate of drug-likeness (QED) is 0.886. The van der Waals surface area contributed by atoms with Crippen molar-refractivity contribution in [2.24, 2.45) is 0 Å². The van der Waals surface area contributed by atoms with Gasteiger partial charge in [-0.3, -0.25) is 0 Å². The number of aromatic nitrogens is 2. The highest BCUT2D eigenvalue weighted by atomic mass is 35.5. The van der Waals surface area contributed by atoms with Crippen LogP contribution in [0.2, 0.25) is 5.02 Å². The first-order valence-electron chi connectivity index (χ1n) is 5.50. The summed E-state index contributed by atoms with van der Waals surface area (Å²) < 4.78 is 38.0. The predicted molar refractivity (Wildman–Crippen MR) is 70.9 cm³/mol. The summed E-state index contributed by atoms with van der Waals surface area (Å²) in [6, 6.07) is 4.58. The van der Waals surface area contributed by atoms with Crippen LogP contribution in [0.3, 0.4) is 0 Å². The summed E-state index contributed by atoms with van der Waals surface area (Å²) in [7, 11) is 0. The molecule has 0 fully saturated rings. The molecule has 4 nitrogen and oxygen atoms in total. The van der Waals surface area contributed by atoms with Gasteiger partial charge in [-0.2, -0.15) is 13.2 Å². The molecule has 0 spiro atoms. The summed E-state index contributed by atoms with van der Waals surface area (Å²) in [5, 5.41) is 2.70. The number of anilines is 3. The molecule has 2 rings (SSSR count). The third-order valence-corrected chi connectivity index (χ3v) is 2.57. The minimum absolute atomic E-state index is 0.0268. The second-order valence-electron chi connectivity index (χ2n) is 4.08. The van der Waals surface area contributed by atoms with Gasteiger partial charge in [0.25, 0.3) is 0 Å². The van der Waals surface area contributed by atoms with Crippen LogP contribution in [0.25, 0.3) is 0 Å². The van der Waals surface area contributed by atoms with E-state index >= 15 is 0 Å². The lowest BCUT2D eigenvalue weighted by atomic mass is 10.2. The monoisotopic (exact) mass is 302 g/mol. The molecule has 2 aromatic rings. The van der Waals surface area contributed by atoms with Crippen molar-refractivity contribution in [3.63, 3.8) is 0 Å². The first kappa shape index (κ1) is 14.4. The maximum absolute atomic E-state index is 12.7. The molecule has 1 aromatic heterocycles. The summed E-state index contributed by atoms with van der Waals surface area (Å²) in [6.07, 6.45) is -4.47. The normalized spacial score (nSPS) is 11.4. The third kappa shape index (κ3) is 3.51. The Hall–Kier alpha value is -2.02. The number of nitrogen functional groups attached to an aromatic ring is 1. The molecule has 8 heteroatoms. The number of nitrogens with zero attached hydrogens (tertiary/aromatic N) is 2. The fourth-order valence-corrected chi connectivity index (χ4v) is 1.86. The van der Waals surface area contributed by atoms with Crippen molar-refractivity contribution < 1.29 is 13.2 Å². The SMILES string of the molecule is Cc1nc(N)cc(Nc2cc(Cl)cc(C(F)(F)F)c2)n1. The van der Waals surface area contributed by atoms with E-state index in [0.717, 1.165) is 12.1 Å². The zero-order chi connectivity index (χ0) is 14.9. The lowest BCUT2D eigenvalue weighted by molar-refractivity contribution is -0.137. The van der Waals surface area contributed by atoms with Gasteiger partial charge >= 0.3 is 6.18 Å². The van der Waals surface area contributed by atoms with E-state index in [1.165, 1.54) is 12.1 Å². The van der Waals surface area contributed by atoms with Crippen LogP contribution in [-0.4, -0.2) is 9.97 Å². The van der Waals surface area contributed by atoms with Crippen LogP contribution in [0.15, 0.2) is 24.3 Å². The van der Waals surface area contributed by atoms with Gasteiger partial charge in [-0.05, 0) is 25.1 Å². The highest BCUT2D eigenvalue weighted by molar-refractivity contribution is 6.31. The highest BCUT2D eigenvalue weighted by Crippen LogP contribution is 2.33. The Labute approximate surface area is 117 Å². The van der Waals surface area contributed by atoms with Crippen molar-refractivity contribution in [1.82, 2.24) is 9.97 Å². The molecule has 0 aliphatic rings. The number of alkyl halides is 3. The molecule has 0 amide bonds. The number of nitrogens with two attached hydrogens (primary N) is 1. The van der Waals surface area contributed by atoms with Crippen LogP contribution in [0.4, 0.5) is 30.5 Å². The highest BCUT2D eigenvalue weighted by Gasteiger charge is 2.31. The van der Waals surface area contributed by atoms with Gasteiger partial charge in [0.2, 0.25) is 0 Å². The lowest BCUT2D eigenvalue weighted by Crippen LogP contribution is -2.06. The Morgan fingerprint density at radius 3 is 2.45 bits per heavy atom. The number of rotatable bonds is 2. The number of aryl methyl sites for hydroxylation is 1. The minimum atomic E-state index is -4.47. The molecule has 20 heavy (non-hydrogen) atoms. The minimum Gasteiger partial charge on any atom is -0.384 e. The van der Waals surface area contributed by atoms with Gasteiger partial charge in [0.15, 0.2) is 0 Å². The van der Waals surface area contributed by atoms with E-state index in [-0.39, 0.29) is 16.5 Å². The maximum atomic E-state index is 12.7. The maximum Gasteiger partial charge on any atom is 0.416 e. The second-order valence-corrected chi connectivity index (χ2v) is 4.51. The third-order valence-electron chi connectivity index (χ3n) is 2.36. The van der Waals surface area contributed by atoms with Gasteiger partial charge in [-0.1, -0.05) is 11.6 Å². The molecule has 1 heterocycles. The van der Waals surface area contributed by atoms with Crippen LogP contribution >= 0.6 is 11.6 Å². The van der Waals surface area contributed by atoms with E-state index < -0.39 is 11.7 Å². The standard InChI is InChI=1S/C12H10ClF3N4/c1-6-18-10(17)5-11(19-6)20-9-3-7(12(14,15)16)2-8(13)4-9/h2-5H,1H3,(H3,17,18,19,20). The van der Waals surface area contributed by atoms with Crippen molar-refractivity contribution in [3.8, 4) is 0 Å². The Kier molecular flexibility index (Phi) is 3.71. The Balaban J connectivity index is 2.36.